The summed E-state index contributed by atoms with van der Waals surface area (Å²) in [7, 11) is 1.62. The van der Waals surface area contributed by atoms with Gasteiger partial charge in [-0.15, -0.1) is 0 Å². The first-order valence-electron chi connectivity index (χ1n) is 8.25. The Hall–Kier alpha value is -2.51. The van der Waals surface area contributed by atoms with Crippen LogP contribution in [0, 0.1) is 6.92 Å². The van der Waals surface area contributed by atoms with E-state index in [1.807, 2.05) is 31.2 Å². The number of likely N-dealkylation sites (N-methyl/N-ethyl adjacent to an activating group) is 1. The molecular formula is C18H22N4O3. The van der Waals surface area contributed by atoms with Crippen LogP contribution >= 0.6 is 0 Å². The molecule has 132 valence electrons. The first kappa shape index (κ1) is 17.3. The van der Waals surface area contributed by atoms with Crippen LogP contribution in [0.2, 0.25) is 0 Å². The van der Waals surface area contributed by atoms with Gasteiger partial charge in [-0.1, -0.05) is 17.7 Å². The van der Waals surface area contributed by atoms with Gasteiger partial charge in [0.15, 0.2) is 0 Å². The number of nitrogens with zero attached hydrogens (tertiary/aromatic N) is 3. The minimum atomic E-state index is -0.427. The Morgan fingerprint density at radius 3 is 2.72 bits per heavy atom. The molecule has 0 saturated carbocycles. The van der Waals surface area contributed by atoms with Crippen molar-refractivity contribution < 1.29 is 14.3 Å². The number of amides is 1. The molecule has 1 atom stereocenters. The number of carbonyl (C=O) groups is 1. The van der Waals surface area contributed by atoms with Crippen molar-refractivity contribution in [1.29, 1.82) is 0 Å². The number of ether oxygens (including phenoxy) is 2. The van der Waals surface area contributed by atoms with Crippen LogP contribution in [0.1, 0.15) is 11.1 Å². The van der Waals surface area contributed by atoms with Crippen LogP contribution in [0.15, 0.2) is 36.7 Å². The van der Waals surface area contributed by atoms with E-state index in [4.69, 9.17) is 9.47 Å². The lowest BCUT2D eigenvalue weighted by Gasteiger charge is -2.31. The second kappa shape index (κ2) is 8.04. The molecule has 1 N–H and O–H groups in total. The zero-order valence-electron chi connectivity index (χ0n) is 14.4. The van der Waals surface area contributed by atoms with Crippen LogP contribution in [0.25, 0.3) is 0 Å². The maximum Gasteiger partial charge on any atom is 0.321 e. The summed E-state index contributed by atoms with van der Waals surface area (Å²) in [5, 5.41) is 2.62. The Labute approximate surface area is 147 Å². The second-order valence-electron chi connectivity index (χ2n) is 6.00. The third-order valence-electron chi connectivity index (χ3n) is 4.01. The number of carbonyl (C=O) groups excluding carboxylic acids is 1. The lowest BCUT2D eigenvalue weighted by Crippen LogP contribution is -2.48. The largest absolute Gasteiger partial charge is 0.424 e. The van der Waals surface area contributed by atoms with Gasteiger partial charge in [-0.2, -0.15) is 0 Å². The average Bonchev–Trinajstić information content (AvgIpc) is 2.65. The van der Waals surface area contributed by atoms with Gasteiger partial charge in [0.05, 0.1) is 6.61 Å². The van der Waals surface area contributed by atoms with Gasteiger partial charge < -0.3 is 14.8 Å². The van der Waals surface area contributed by atoms with E-state index in [1.54, 1.807) is 19.4 Å². The molecule has 7 nitrogen and oxygen atoms in total. The fourth-order valence-electron chi connectivity index (χ4n) is 2.61. The van der Waals surface area contributed by atoms with Crippen LogP contribution in [-0.4, -0.2) is 53.6 Å². The first-order chi connectivity index (χ1) is 12.1. The lowest BCUT2D eigenvalue weighted by atomic mass is 10.2. The van der Waals surface area contributed by atoms with Gasteiger partial charge in [-0.05, 0) is 19.1 Å². The Balaban J connectivity index is 1.57. The van der Waals surface area contributed by atoms with E-state index in [0.717, 1.165) is 12.1 Å². The van der Waals surface area contributed by atoms with E-state index in [0.29, 0.717) is 31.5 Å². The van der Waals surface area contributed by atoms with Crippen molar-refractivity contribution in [3.05, 3.63) is 47.8 Å². The molecule has 0 radical (unpaired) electrons. The van der Waals surface area contributed by atoms with Crippen molar-refractivity contribution in [2.24, 2.45) is 0 Å². The minimum Gasteiger partial charge on any atom is -0.424 e. The summed E-state index contributed by atoms with van der Waals surface area (Å²) in [5.74, 6) is 0.614. The topological polar surface area (TPSA) is 76.6 Å². The summed E-state index contributed by atoms with van der Waals surface area (Å²) in [5.41, 5.74) is 2.14. The molecule has 7 heteroatoms. The molecule has 0 bridgehead atoms. The zero-order chi connectivity index (χ0) is 17.6. The van der Waals surface area contributed by atoms with E-state index in [2.05, 4.69) is 20.2 Å². The summed E-state index contributed by atoms with van der Waals surface area (Å²) >= 11 is 0. The predicted octanol–water partition coefficient (Wildman–Crippen LogP) is 1.52. The third kappa shape index (κ3) is 4.74. The highest BCUT2D eigenvalue weighted by Gasteiger charge is 2.25. The van der Waals surface area contributed by atoms with E-state index in [1.165, 1.54) is 5.56 Å². The summed E-state index contributed by atoms with van der Waals surface area (Å²) in [6.07, 6.45) is 3.07. The number of nitrogens with one attached hydrogen (secondary N) is 1. The zero-order valence-corrected chi connectivity index (χ0v) is 14.4. The van der Waals surface area contributed by atoms with Crippen LogP contribution in [0.5, 0.6) is 11.8 Å². The van der Waals surface area contributed by atoms with Crippen molar-refractivity contribution in [2.75, 3.05) is 26.7 Å². The van der Waals surface area contributed by atoms with Gasteiger partial charge in [0.2, 0.25) is 5.91 Å². The van der Waals surface area contributed by atoms with Gasteiger partial charge in [0.25, 0.3) is 0 Å². The van der Waals surface area contributed by atoms with Crippen molar-refractivity contribution in [3.63, 3.8) is 0 Å². The molecule has 1 aromatic carbocycles. The van der Waals surface area contributed by atoms with Crippen molar-refractivity contribution in [2.45, 2.75) is 19.6 Å². The monoisotopic (exact) mass is 342 g/mol. The van der Waals surface area contributed by atoms with Crippen molar-refractivity contribution in [3.8, 4) is 11.8 Å². The molecule has 1 amide bonds. The molecule has 0 aliphatic carbocycles. The van der Waals surface area contributed by atoms with Crippen molar-refractivity contribution in [1.82, 2.24) is 20.2 Å². The first-order valence-corrected chi connectivity index (χ1v) is 8.25. The van der Waals surface area contributed by atoms with Crippen LogP contribution in [0.4, 0.5) is 0 Å². The molecule has 1 fully saturated rings. The number of rotatable bonds is 5. The highest BCUT2D eigenvalue weighted by molar-refractivity contribution is 5.80. The van der Waals surface area contributed by atoms with Gasteiger partial charge >= 0.3 is 6.01 Å². The Kier molecular flexibility index (Phi) is 5.57. The fourth-order valence-corrected chi connectivity index (χ4v) is 2.61. The molecular weight excluding hydrogens is 320 g/mol. The second-order valence-corrected chi connectivity index (χ2v) is 6.00. The van der Waals surface area contributed by atoms with E-state index in [-0.39, 0.29) is 5.91 Å². The fraction of sp³-hybridized carbons (Fsp3) is 0.389. The van der Waals surface area contributed by atoms with Crippen LogP contribution in [-0.2, 0) is 16.1 Å². The molecule has 1 saturated heterocycles. The Morgan fingerprint density at radius 2 is 2.04 bits per heavy atom. The molecule has 1 aliphatic rings. The third-order valence-corrected chi connectivity index (χ3v) is 4.01. The number of hydrogen-bond acceptors (Lipinski definition) is 6. The smallest absolute Gasteiger partial charge is 0.321 e. The molecule has 3 rings (SSSR count). The lowest BCUT2D eigenvalue weighted by molar-refractivity contribution is -0.138. The normalized spacial score (nSPS) is 17.9. The molecule has 1 aromatic heterocycles. The molecule has 25 heavy (non-hydrogen) atoms. The van der Waals surface area contributed by atoms with E-state index in [9.17, 15) is 4.79 Å². The highest BCUT2D eigenvalue weighted by atomic mass is 16.5. The number of aromatic nitrogens is 2. The number of benzene rings is 1. The average molecular weight is 342 g/mol. The summed E-state index contributed by atoms with van der Waals surface area (Å²) in [6, 6.07) is 8.05. The van der Waals surface area contributed by atoms with Crippen molar-refractivity contribution >= 4 is 5.91 Å². The van der Waals surface area contributed by atoms with Gasteiger partial charge in [0, 0.05) is 44.6 Å². The predicted molar refractivity (Wildman–Crippen MR) is 92.4 cm³/mol. The van der Waals surface area contributed by atoms with Gasteiger partial charge in [-0.25, -0.2) is 9.97 Å². The summed E-state index contributed by atoms with van der Waals surface area (Å²) in [6.45, 7) is 4.56. The van der Waals surface area contributed by atoms with Gasteiger partial charge in [-0.3, -0.25) is 9.69 Å². The summed E-state index contributed by atoms with van der Waals surface area (Å²) in [4.78, 5) is 22.4. The number of hydrogen-bond donors (Lipinski definition) is 1. The SMILES string of the molecule is CNC(=O)[C@@H]1CN(Cc2cnc(Oc3ccc(C)cc3)nc2)CCO1. The van der Waals surface area contributed by atoms with E-state index < -0.39 is 6.10 Å². The Morgan fingerprint density at radius 1 is 1.32 bits per heavy atom. The molecule has 1 aliphatic heterocycles. The highest BCUT2D eigenvalue weighted by Crippen LogP contribution is 2.18. The summed E-state index contributed by atoms with van der Waals surface area (Å²) < 4.78 is 11.1. The number of aryl methyl sites for hydroxylation is 1. The van der Waals surface area contributed by atoms with E-state index >= 15 is 0 Å². The van der Waals surface area contributed by atoms with Crippen LogP contribution in [0.3, 0.4) is 0 Å². The maximum absolute atomic E-state index is 11.7. The molecule has 0 spiro atoms. The standard InChI is InChI=1S/C18H22N4O3/c1-13-3-5-15(6-4-13)25-18-20-9-14(10-21-18)11-22-7-8-24-16(12-22)17(23)19-2/h3-6,9-10,16H,7-8,11-12H2,1-2H3,(H,19,23)/t16-/m0/s1. The number of morpholine rings is 1. The molecule has 2 heterocycles. The Bertz CT molecular complexity index is 703. The minimum absolute atomic E-state index is 0.0946. The van der Waals surface area contributed by atoms with Crippen LogP contribution < -0.4 is 10.1 Å². The molecule has 0 unspecified atom stereocenters. The molecule has 2 aromatic rings. The van der Waals surface area contributed by atoms with Gasteiger partial charge in [0.1, 0.15) is 11.9 Å². The maximum atomic E-state index is 11.7. The quantitative estimate of drug-likeness (QED) is 0.888.